The second kappa shape index (κ2) is 5.62. The summed E-state index contributed by atoms with van der Waals surface area (Å²) < 4.78 is 24.6. The first-order chi connectivity index (χ1) is 7.92. The Kier molecular flexibility index (Phi) is 4.45. The van der Waals surface area contributed by atoms with Crippen LogP contribution in [0.2, 0.25) is 0 Å². The standard InChI is InChI=1S/C9H13N5O2S/c1-7(13-17(2,15)16)9-5-3-4-8(12-9)6-11-14-10/h3-5,7,13H,6H2,1-2H3/t7-/m1/s1. The van der Waals surface area contributed by atoms with Gasteiger partial charge in [0.25, 0.3) is 0 Å². The Morgan fingerprint density at radius 2 is 2.29 bits per heavy atom. The number of nitrogens with one attached hydrogen (secondary N) is 1. The summed E-state index contributed by atoms with van der Waals surface area (Å²) in [6, 6.07) is 4.75. The van der Waals surface area contributed by atoms with Crippen molar-refractivity contribution in [3.05, 3.63) is 40.0 Å². The Balaban J connectivity index is 2.87. The summed E-state index contributed by atoms with van der Waals surface area (Å²) in [6.07, 6.45) is 1.09. The summed E-state index contributed by atoms with van der Waals surface area (Å²) in [7, 11) is -3.27. The maximum absolute atomic E-state index is 11.1. The molecular formula is C9H13N5O2S. The number of hydrogen-bond acceptors (Lipinski definition) is 4. The molecule has 17 heavy (non-hydrogen) atoms. The summed E-state index contributed by atoms with van der Waals surface area (Å²) in [5, 5.41) is 3.40. The first-order valence-electron chi connectivity index (χ1n) is 4.86. The summed E-state index contributed by atoms with van der Waals surface area (Å²) in [4.78, 5) is 6.84. The molecule has 0 amide bonds. The van der Waals surface area contributed by atoms with Gasteiger partial charge in [0.05, 0.1) is 24.5 Å². The molecular weight excluding hydrogens is 242 g/mol. The van der Waals surface area contributed by atoms with Gasteiger partial charge in [0, 0.05) is 10.6 Å². The van der Waals surface area contributed by atoms with E-state index in [9.17, 15) is 8.42 Å². The van der Waals surface area contributed by atoms with E-state index in [0.29, 0.717) is 11.4 Å². The van der Waals surface area contributed by atoms with Crippen LogP contribution in [0.1, 0.15) is 24.4 Å². The Labute approximate surface area is 99.6 Å². The van der Waals surface area contributed by atoms with E-state index in [2.05, 4.69) is 19.7 Å². The molecule has 0 aromatic carbocycles. The van der Waals surface area contributed by atoms with Crippen molar-refractivity contribution in [2.75, 3.05) is 6.26 Å². The average molecular weight is 255 g/mol. The Hall–Kier alpha value is -1.63. The van der Waals surface area contributed by atoms with Gasteiger partial charge in [-0.15, -0.1) is 0 Å². The van der Waals surface area contributed by atoms with Crippen molar-refractivity contribution >= 4 is 10.0 Å². The van der Waals surface area contributed by atoms with E-state index in [-0.39, 0.29) is 6.54 Å². The van der Waals surface area contributed by atoms with Gasteiger partial charge in [-0.2, -0.15) is 0 Å². The molecule has 0 saturated heterocycles. The topological polar surface area (TPSA) is 108 Å². The van der Waals surface area contributed by atoms with Crippen molar-refractivity contribution in [1.29, 1.82) is 0 Å². The minimum absolute atomic E-state index is 0.149. The highest BCUT2D eigenvalue weighted by molar-refractivity contribution is 7.88. The van der Waals surface area contributed by atoms with Gasteiger partial charge in [-0.3, -0.25) is 4.98 Å². The molecule has 0 aliphatic carbocycles. The third kappa shape index (κ3) is 4.81. The normalized spacial score (nSPS) is 12.8. The Bertz CT molecular complexity index is 536. The highest BCUT2D eigenvalue weighted by Crippen LogP contribution is 2.11. The van der Waals surface area contributed by atoms with Crippen molar-refractivity contribution in [2.24, 2.45) is 5.11 Å². The van der Waals surface area contributed by atoms with Gasteiger partial charge in [-0.1, -0.05) is 11.2 Å². The predicted octanol–water partition coefficient (Wildman–Crippen LogP) is 1.50. The molecule has 1 heterocycles. The van der Waals surface area contributed by atoms with E-state index in [4.69, 9.17) is 5.53 Å². The third-order valence-electron chi connectivity index (χ3n) is 1.96. The van der Waals surface area contributed by atoms with Gasteiger partial charge in [0.15, 0.2) is 0 Å². The van der Waals surface area contributed by atoms with Gasteiger partial charge in [-0.25, -0.2) is 13.1 Å². The maximum atomic E-state index is 11.1. The molecule has 0 bridgehead atoms. The fourth-order valence-corrected chi connectivity index (χ4v) is 2.08. The number of sulfonamides is 1. The number of aromatic nitrogens is 1. The summed E-state index contributed by atoms with van der Waals surface area (Å²) >= 11 is 0. The largest absolute Gasteiger partial charge is 0.256 e. The molecule has 0 fully saturated rings. The summed E-state index contributed by atoms with van der Waals surface area (Å²) in [5.74, 6) is 0. The lowest BCUT2D eigenvalue weighted by molar-refractivity contribution is 0.569. The molecule has 0 radical (unpaired) electrons. The van der Waals surface area contributed by atoms with E-state index in [1.165, 1.54) is 0 Å². The summed E-state index contributed by atoms with van der Waals surface area (Å²) in [5.41, 5.74) is 9.38. The molecule has 0 unspecified atom stereocenters. The molecule has 92 valence electrons. The van der Waals surface area contributed by atoms with Crippen molar-refractivity contribution < 1.29 is 8.42 Å². The third-order valence-corrected chi connectivity index (χ3v) is 2.74. The Morgan fingerprint density at radius 1 is 1.59 bits per heavy atom. The lowest BCUT2D eigenvalue weighted by atomic mass is 10.2. The fraction of sp³-hybridized carbons (Fsp3) is 0.444. The average Bonchev–Trinajstić information content (AvgIpc) is 2.24. The number of nitrogens with zero attached hydrogens (tertiary/aromatic N) is 4. The lowest BCUT2D eigenvalue weighted by Crippen LogP contribution is -2.26. The molecule has 0 aliphatic heterocycles. The highest BCUT2D eigenvalue weighted by Gasteiger charge is 2.12. The highest BCUT2D eigenvalue weighted by atomic mass is 32.2. The first-order valence-corrected chi connectivity index (χ1v) is 6.75. The van der Waals surface area contributed by atoms with Crippen molar-refractivity contribution in [2.45, 2.75) is 19.5 Å². The van der Waals surface area contributed by atoms with E-state index in [0.717, 1.165) is 6.26 Å². The second-order valence-corrected chi connectivity index (χ2v) is 5.33. The zero-order valence-corrected chi connectivity index (χ0v) is 10.3. The smallest absolute Gasteiger partial charge is 0.209 e. The monoisotopic (exact) mass is 255 g/mol. The first kappa shape index (κ1) is 13.4. The van der Waals surface area contributed by atoms with E-state index >= 15 is 0 Å². The van der Waals surface area contributed by atoms with Crippen LogP contribution in [0.15, 0.2) is 23.3 Å². The van der Waals surface area contributed by atoms with Crippen LogP contribution in [-0.4, -0.2) is 19.7 Å². The maximum Gasteiger partial charge on any atom is 0.209 e. The van der Waals surface area contributed by atoms with Crippen LogP contribution in [-0.2, 0) is 16.6 Å². The molecule has 0 saturated carbocycles. The predicted molar refractivity (Wildman–Crippen MR) is 63.5 cm³/mol. The van der Waals surface area contributed by atoms with Crippen LogP contribution in [0.3, 0.4) is 0 Å². The van der Waals surface area contributed by atoms with Crippen LogP contribution < -0.4 is 4.72 Å². The van der Waals surface area contributed by atoms with Crippen LogP contribution in [0, 0.1) is 0 Å². The van der Waals surface area contributed by atoms with Gasteiger partial charge in [-0.05, 0) is 24.6 Å². The zero-order chi connectivity index (χ0) is 12.9. The second-order valence-electron chi connectivity index (χ2n) is 3.55. The summed E-state index contributed by atoms with van der Waals surface area (Å²) in [6.45, 7) is 1.84. The van der Waals surface area contributed by atoms with Crippen LogP contribution >= 0.6 is 0 Å². The van der Waals surface area contributed by atoms with Crippen LogP contribution in [0.5, 0.6) is 0 Å². The minimum Gasteiger partial charge on any atom is -0.256 e. The van der Waals surface area contributed by atoms with Crippen molar-refractivity contribution in [1.82, 2.24) is 9.71 Å². The van der Waals surface area contributed by atoms with Crippen LogP contribution in [0.4, 0.5) is 0 Å². The van der Waals surface area contributed by atoms with E-state index in [1.807, 2.05) is 0 Å². The van der Waals surface area contributed by atoms with Gasteiger partial charge >= 0.3 is 0 Å². The number of azide groups is 1. The minimum atomic E-state index is -3.27. The quantitative estimate of drug-likeness (QED) is 0.489. The van der Waals surface area contributed by atoms with Crippen molar-refractivity contribution in [3.8, 4) is 0 Å². The molecule has 1 atom stereocenters. The number of hydrogen-bond donors (Lipinski definition) is 1. The van der Waals surface area contributed by atoms with Gasteiger partial charge in [0.2, 0.25) is 10.0 Å². The molecule has 1 rings (SSSR count). The van der Waals surface area contributed by atoms with E-state index < -0.39 is 16.1 Å². The molecule has 0 aliphatic rings. The fourth-order valence-electron chi connectivity index (χ4n) is 1.31. The number of rotatable bonds is 5. The SMILES string of the molecule is C[C@@H](NS(C)(=O)=O)c1cccc(CN=[N+]=[N-])n1. The van der Waals surface area contributed by atoms with Gasteiger partial charge in [0.1, 0.15) is 0 Å². The van der Waals surface area contributed by atoms with Gasteiger partial charge < -0.3 is 0 Å². The number of pyridine rings is 1. The van der Waals surface area contributed by atoms with Crippen molar-refractivity contribution in [3.63, 3.8) is 0 Å². The zero-order valence-electron chi connectivity index (χ0n) is 9.53. The molecule has 0 spiro atoms. The molecule has 1 aromatic heterocycles. The lowest BCUT2D eigenvalue weighted by Gasteiger charge is -2.12. The molecule has 7 nitrogen and oxygen atoms in total. The molecule has 1 aromatic rings. The molecule has 8 heteroatoms. The molecule has 1 N–H and O–H groups in total. The Morgan fingerprint density at radius 3 is 2.88 bits per heavy atom. The van der Waals surface area contributed by atoms with Crippen LogP contribution in [0.25, 0.3) is 10.4 Å². The van der Waals surface area contributed by atoms with E-state index in [1.54, 1.807) is 25.1 Å².